The molecule has 0 spiro atoms. The fraction of sp³-hybridized carbons (Fsp3) is 0.588. The zero-order valence-electron chi connectivity index (χ0n) is 15.4. The molecule has 2 aromatic heterocycles. The van der Waals surface area contributed by atoms with Gasteiger partial charge in [0.25, 0.3) is 0 Å². The average Bonchev–Trinajstić information content (AvgIpc) is 3.03. The number of urea groups is 1. The minimum Gasteiger partial charge on any atom is -0.361 e. The van der Waals surface area contributed by atoms with Gasteiger partial charge in [-0.1, -0.05) is 19.0 Å². The SMILES string of the molecule is CCc1nn(C)c(CC)c1CNC(=O)NC(C)c1c(C)noc1C. The average molecular weight is 333 g/mol. The van der Waals surface area contributed by atoms with Gasteiger partial charge in [-0.25, -0.2) is 4.79 Å². The molecule has 0 fully saturated rings. The molecule has 0 aliphatic carbocycles. The van der Waals surface area contributed by atoms with Crippen LogP contribution in [0.4, 0.5) is 4.79 Å². The second-order valence-corrected chi connectivity index (χ2v) is 5.99. The van der Waals surface area contributed by atoms with Gasteiger partial charge < -0.3 is 15.2 Å². The van der Waals surface area contributed by atoms with Crippen LogP contribution in [0.1, 0.15) is 60.8 Å². The number of hydrogen-bond donors (Lipinski definition) is 2. The molecule has 2 rings (SSSR count). The Balaban J connectivity index is 2.01. The molecule has 2 N–H and O–H groups in total. The molecule has 2 aromatic rings. The maximum absolute atomic E-state index is 12.3. The third-order valence-corrected chi connectivity index (χ3v) is 4.32. The second kappa shape index (κ2) is 7.51. The van der Waals surface area contributed by atoms with Crippen LogP contribution in [0.5, 0.6) is 0 Å². The number of aryl methyl sites for hydroxylation is 4. The topological polar surface area (TPSA) is 85.0 Å². The normalized spacial score (nSPS) is 12.2. The summed E-state index contributed by atoms with van der Waals surface area (Å²) in [7, 11) is 1.95. The molecule has 2 amide bonds. The van der Waals surface area contributed by atoms with Crippen molar-refractivity contribution in [2.45, 2.75) is 60.0 Å². The van der Waals surface area contributed by atoms with Crippen molar-refractivity contribution in [3.8, 4) is 0 Å². The lowest BCUT2D eigenvalue weighted by atomic mass is 10.1. The predicted octanol–water partition coefficient (Wildman–Crippen LogP) is 2.71. The summed E-state index contributed by atoms with van der Waals surface area (Å²) in [5, 5.41) is 14.3. The fourth-order valence-electron chi connectivity index (χ4n) is 3.19. The molecule has 2 heterocycles. The van der Waals surface area contributed by atoms with Crippen LogP contribution in [0.25, 0.3) is 0 Å². The van der Waals surface area contributed by atoms with E-state index in [1.165, 1.54) is 0 Å². The highest BCUT2D eigenvalue weighted by Gasteiger charge is 2.19. The van der Waals surface area contributed by atoms with E-state index >= 15 is 0 Å². The number of carbonyl (C=O) groups is 1. The van der Waals surface area contributed by atoms with E-state index in [2.05, 4.69) is 34.7 Å². The number of nitrogens with one attached hydrogen (secondary N) is 2. The summed E-state index contributed by atoms with van der Waals surface area (Å²) in [4.78, 5) is 12.3. The number of aromatic nitrogens is 3. The first-order valence-corrected chi connectivity index (χ1v) is 8.39. The first-order chi connectivity index (χ1) is 11.4. The highest BCUT2D eigenvalue weighted by molar-refractivity contribution is 5.74. The third-order valence-electron chi connectivity index (χ3n) is 4.32. The van der Waals surface area contributed by atoms with Crippen molar-refractivity contribution in [2.24, 2.45) is 7.05 Å². The van der Waals surface area contributed by atoms with Crippen LogP contribution in [0.15, 0.2) is 4.52 Å². The Kier molecular flexibility index (Phi) is 5.64. The molecule has 0 aromatic carbocycles. The minimum atomic E-state index is -0.213. The molecule has 1 atom stereocenters. The van der Waals surface area contributed by atoms with Crippen LogP contribution in [0.3, 0.4) is 0 Å². The van der Waals surface area contributed by atoms with Crippen molar-refractivity contribution in [3.05, 3.63) is 34.0 Å². The summed E-state index contributed by atoms with van der Waals surface area (Å²) < 4.78 is 7.06. The molecule has 0 saturated heterocycles. The van der Waals surface area contributed by atoms with Gasteiger partial charge in [-0.2, -0.15) is 5.10 Å². The molecule has 0 radical (unpaired) electrons. The van der Waals surface area contributed by atoms with Gasteiger partial charge in [-0.15, -0.1) is 0 Å². The molecule has 24 heavy (non-hydrogen) atoms. The lowest BCUT2D eigenvalue weighted by Gasteiger charge is -2.15. The van der Waals surface area contributed by atoms with Gasteiger partial charge in [0.05, 0.1) is 17.4 Å². The van der Waals surface area contributed by atoms with Crippen LogP contribution < -0.4 is 10.6 Å². The van der Waals surface area contributed by atoms with Gasteiger partial charge in [-0.05, 0) is 33.6 Å². The Morgan fingerprint density at radius 1 is 1.29 bits per heavy atom. The highest BCUT2D eigenvalue weighted by Crippen LogP contribution is 2.20. The maximum atomic E-state index is 12.3. The van der Waals surface area contributed by atoms with Gasteiger partial charge in [0.1, 0.15) is 5.76 Å². The molecule has 7 heteroatoms. The van der Waals surface area contributed by atoms with Crippen molar-refractivity contribution in [1.82, 2.24) is 25.6 Å². The lowest BCUT2D eigenvalue weighted by Crippen LogP contribution is -2.37. The van der Waals surface area contributed by atoms with Crippen molar-refractivity contribution in [1.29, 1.82) is 0 Å². The predicted molar refractivity (Wildman–Crippen MR) is 91.7 cm³/mol. The quantitative estimate of drug-likeness (QED) is 0.851. The van der Waals surface area contributed by atoms with E-state index < -0.39 is 0 Å². The van der Waals surface area contributed by atoms with Crippen molar-refractivity contribution >= 4 is 6.03 Å². The lowest BCUT2D eigenvalue weighted by molar-refractivity contribution is 0.237. The molecule has 132 valence electrons. The summed E-state index contributed by atoms with van der Waals surface area (Å²) in [5.74, 6) is 0.731. The zero-order chi connectivity index (χ0) is 17.9. The van der Waals surface area contributed by atoms with Crippen LogP contribution in [0, 0.1) is 13.8 Å². The van der Waals surface area contributed by atoms with E-state index in [4.69, 9.17) is 4.52 Å². The maximum Gasteiger partial charge on any atom is 0.315 e. The summed E-state index contributed by atoms with van der Waals surface area (Å²) in [5.41, 5.74) is 5.03. The highest BCUT2D eigenvalue weighted by atomic mass is 16.5. The minimum absolute atomic E-state index is 0.165. The molecule has 7 nitrogen and oxygen atoms in total. The monoisotopic (exact) mass is 333 g/mol. The standard InChI is InChI=1S/C17H27N5O2/c1-7-14-13(15(8-2)22(6)20-14)9-18-17(23)19-10(3)16-11(4)21-24-12(16)5/h10H,7-9H2,1-6H3,(H2,18,19,23). The Hall–Kier alpha value is -2.31. The second-order valence-electron chi connectivity index (χ2n) is 5.99. The first kappa shape index (κ1) is 18.0. The zero-order valence-corrected chi connectivity index (χ0v) is 15.4. The van der Waals surface area contributed by atoms with E-state index in [0.29, 0.717) is 6.54 Å². The first-order valence-electron chi connectivity index (χ1n) is 8.39. The number of rotatable bonds is 6. The summed E-state index contributed by atoms with van der Waals surface area (Å²) in [6.45, 7) is 10.3. The van der Waals surface area contributed by atoms with E-state index in [1.54, 1.807) is 0 Å². The molecular weight excluding hydrogens is 306 g/mol. The van der Waals surface area contributed by atoms with Gasteiger partial charge in [-0.3, -0.25) is 4.68 Å². The van der Waals surface area contributed by atoms with Gasteiger partial charge in [0.15, 0.2) is 0 Å². The largest absolute Gasteiger partial charge is 0.361 e. The van der Waals surface area contributed by atoms with E-state index in [-0.39, 0.29) is 12.1 Å². The Labute approximate surface area is 142 Å². The van der Waals surface area contributed by atoms with E-state index in [9.17, 15) is 4.79 Å². The molecule has 1 unspecified atom stereocenters. The van der Waals surface area contributed by atoms with E-state index in [0.717, 1.165) is 46.8 Å². The van der Waals surface area contributed by atoms with Gasteiger partial charge in [0, 0.05) is 30.4 Å². The van der Waals surface area contributed by atoms with E-state index in [1.807, 2.05) is 32.5 Å². The number of nitrogens with zero attached hydrogens (tertiary/aromatic N) is 3. The molecule has 0 saturated carbocycles. The summed E-state index contributed by atoms with van der Waals surface area (Å²) in [6, 6.07) is -0.378. The van der Waals surface area contributed by atoms with Crippen molar-refractivity contribution in [2.75, 3.05) is 0 Å². The van der Waals surface area contributed by atoms with Gasteiger partial charge in [0.2, 0.25) is 0 Å². The Morgan fingerprint density at radius 2 is 2.00 bits per heavy atom. The Bertz CT molecular complexity index is 697. The number of amides is 2. The van der Waals surface area contributed by atoms with Crippen molar-refractivity contribution < 1.29 is 9.32 Å². The molecule has 0 aliphatic heterocycles. The number of hydrogen-bond acceptors (Lipinski definition) is 4. The number of carbonyl (C=O) groups excluding carboxylic acids is 1. The summed E-state index contributed by atoms with van der Waals surface area (Å²) >= 11 is 0. The molecule has 0 aliphatic rings. The molecular formula is C17H27N5O2. The van der Waals surface area contributed by atoms with Crippen LogP contribution in [0.2, 0.25) is 0 Å². The van der Waals surface area contributed by atoms with Crippen LogP contribution in [-0.2, 0) is 26.4 Å². The fourth-order valence-corrected chi connectivity index (χ4v) is 3.19. The summed E-state index contributed by atoms with van der Waals surface area (Å²) in [6.07, 6.45) is 1.74. The van der Waals surface area contributed by atoms with Crippen molar-refractivity contribution in [3.63, 3.8) is 0 Å². The van der Waals surface area contributed by atoms with Crippen LogP contribution >= 0.6 is 0 Å². The van der Waals surface area contributed by atoms with Gasteiger partial charge >= 0.3 is 6.03 Å². The Morgan fingerprint density at radius 3 is 2.54 bits per heavy atom. The van der Waals surface area contributed by atoms with Crippen LogP contribution in [-0.4, -0.2) is 21.0 Å². The molecule has 0 bridgehead atoms. The third kappa shape index (κ3) is 3.60. The smallest absolute Gasteiger partial charge is 0.315 e.